The van der Waals surface area contributed by atoms with Crippen molar-refractivity contribution in [2.24, 2.45) is 0 Å². The molecule has 1 atom stereocenters. The third-order valence-corrected chi connectivity index (χ3v) is 5.45. The summed E-state index contributed by atoms with van der Waals surface area (Å²) in [5.74, 6) is 0.690. The molecule has 0 amide bonds. The highest BCUT2D eigenvalue weighted by atomic mass is 32.2. The predicted molar refractivity (Wildman–Crippen MR) is 87.4 cm³/mol. The maximum absolute atomic E-state index is 12.7. The van der Waals surface area contributed by atoms with Crippen LogP contribution in [-0.2, 0) is 16.0 Å². The van der Waals surface area contributed by atoms with E-state index in [1.54, 1.807) is 6.07 Å². The third-order valence-electron chi connectivity index (χ3n) is 3.69. The summed E-state index contributed by atoms with van der Waals surface area (Å²) >= 11 is 0. The zero-order chi connectivity index (χ0) is 18.1. The van der Waals surface area contributed by atoms with Gasteiger partial charge in [0.2, 0.25) is 5.95 Å². The molecule has 0 spiro atoms. The van der Waals surface area contributed by atoms with E-state index in [1.165, 1.54) is 18.3 Å². The zero-order valence-electron chi connectivity index (χ0n) is 12.9. The summed E-state index contributed by atoms with van der Waals surface area (Å²) in [6.07, 6.45) is -2.51. The number of nitrogens with one attached hydrogen (secondary N) is 2. The SMILES string of the molecule is O=S1(=O)CCC(Nc2ccnc(Nc3cccc(C(F)(F)F)c3)n2)C1. The van der Waals surface area contributed by atoms with Crippen LogP contribution in [0, 0.1) is 0 Å². The van der Waals surface area contributed by atoms with E-state index in [-0.39, 0.29) is 29.2 Å². The summed E-state index contributed by atoms with van der Waals surface area (Å²) in [7, 11) is -3.02. The lowest BCUT2D eigenvalue weighted by Crippen LogP contribution is -2.21. The van der Waals surface area contributed by atoms with Gasteiger partial charge in [0.15, 0.2) is 9.84 Å². The highest BCUT2D eigenvalue weighted by Crippen LogP contribution is 2.31. The average Bonchev–Trinajstić information content (AvgIpc) is 2.86. The molecule has 0 saturated carbocycles. The van der Waals surface area contributed by atoms with E-state index in [9.17, 15) is 21.6 Å². The zero-order valence-corrected chi connectivity index (χ0v) is 13.7. The monoisotopic (exact) mass is 372 g/mol. The van der Waals surface area contributed by atoms with Crippen LogP contribution in [0.2, 0.25) is 0 Å². The molecule has 0 radical (unpaired) electrons. The highest BCUT2D eigenvalue weighted by Gasteiger charge is 2.30. The Bertz CT molecular complexity index is 871. The molecule has 6 nitrogen and oxygen atoms in total. The molecule has 2 aromatic rings. The molecule has 0 aliphatic carbocycles. The Labute approximate surface area is 142 Å². The number of halogens is 3. The molecule has 3 rings (SSSR count). The lowest BCUT2D eigenvalue weighted by molar-refractivity contribution is -0.137. The Morgan fingerprint density at radius 3 is 2.68 bits per heavy atom. The summed E-state index contributed by atoms with van der Waals surface area (Å²) in [6, 6.07) is 6.04. The minimum absolute atomic E-state index is 0.0351. The van der Waals surface area contributed by atoms with Crippen molar-refractivity contribution < 1.29 is 21.6 Å². The second-order valence-corrected chi connectivity index (χ2v) is 7.94. The molecule has 1 aromatic heterocycles. The molecule has 1 aliphatic heterocycles. The normalized spacial score (nSPS) is 19.6. The van der Waals surface area contributed by atoms with E-state index in [4.69, 9.17) is 0 Å². The molecule has 10 heteroatoms. The Kier molecular flexibility index (Phi) is 4.55. The van der Waals surface area contributed by atoms with Crippen LogP contribution in [0.1, 0.15) is 12.0 Å². The number of anilines is 3. The number of sulfone groups is 1. The van der Waals surface area contributed by atoms with Crippen LogP contribution >= 0.6 is 0 Å². The molecule has 1 aliphatic rings. The third kappa shape index (κ3) is 4.59. The van der Waals surface area contributed by atoms with E-state index in [2.05, 4.69) is 20.6 Å². The molecule has 134 valence electrons. The van der Waals surface area contributed by atoms with Crippen LogP contribution in [0.5, 0.6) is 0 Å². The number of aromatic nitrogens is 2. The molecule has 1 aromatic carbocycles. The molecule has 1 saturated heterocycles. The van der Waals surface area contributed by atoms with Crippen molar-refractivity contribution >= 4 is 27.3 Å². The lowest BCUT2D eigenvalue weighted by atomic mass is 10.2. The number of hydrogen-bond donors (Lipinski definition) is 2. The number of benzene rings is 1. The lowest BCUT2D eigenvalue weighted by Gasteiger charge is -2.13. The van der Waals surface area contributed by atoms with Gasteiger partial charge in [0, 0.05) is 17.9 Å². The molecule has 0 bridgehead atoms. The van der Waals surface area contributed by atoms with Crippen molar-refractivity contribution in [3.05, 3.63) is 42.1 Å². The van der Waals surface area contributed by atoms with Gasteiger partial charge in [-0.25, -0.2) is 13.4 Å². The Balaban J connectivity index is 1.72. The topological polar surface area (TPSA) is 84.0 Å². The molecule has 2 N–H and O–H groups in total. The summed E-state index contributed by atoms with van der Waals surface area (Å²) in [4.78, 5) is 8.13. The van der Waals surface area contributed by atoms with Gasteiger partial charge in [-0.3, -0.25) is 0 Å². The van der Waals surface area contributed by atoms with Crippen molar-refractivity contribution in [3.8, 4) is 0 Å². The van der Waals surface area contributed by atoms with E-state index < -0.39 is 21.6 Å². The van der Waals surface area contributed by atoms with Crippen LogP contribution in [0.4, 0.5) is 30.6 Å². The van der Waals surface area contributed by atoms with Gasteiger partial charge in [-0.2, -0.15) is 18.2 Å². The van der Waals surface area contributed by atoms with E-state index in [1.807, 2.05) is 0 Å². The van der Waals surface area contributed by atoms with Crippen LogP contribution in [0.15, 0.2) is 36.5 Å². The number of hydrogen-bond acceptors (Lipinski definition) is 6. The number of nitrogens with zero attached hydrogens (tertiary/aromatic N) is 2. The Morgan fingerprint density at radius 2 is 2.00 bits per heavy atom. The van der Waals surface area contributed by atoms with Crippen molar-refractivity contribution in [1.82, 2.24) is 9.97 Å². The van der Waals surface area contributed by atoms with Gasteiger partial charge in [-0.05, 0) is 30.7 Å². The molecule has 2 heterocycles. The molecule has 25 heavy (non-hydrogen) atoms. The standard InChI is InChI=1S/C15H15F3N4O2S/c16-15(17,18)10-2-1-3-11(8-10)21-14-19-6-4-13(22-14)20-12-5-7-25(23,24)9-12/h1-4,6,8,12H,5,7,9H2,(H2,19,20,21,22). The van der Waals surface area contributed by atoms with Gasteiger partial charge >= 0.3 is 6.18 Å². The maximum atomic E-state index is 12.7. The molecular formula is C15H15F3N4O2S. The maximum Gasteiger partial charge on any atom is 0.416 e. The van der Waals surface area contributed by atoms with Gasteiger partial charge in [0.05, 0.1) is 17.1 Å². The van der Waals surface area contributed by atoms with Crippen LogP contribution in [0.25, 0.3) is 0 Å². The largest absolute Gasteiger partial charge is 0.416 e. The molecular weight excluding hydrogens is 357 g/mol. The fourth-order valence-corrected chi connectivity index (χ4v) is 4.19. The van der Waals surface area contributed by atoms with Gasteiger partial charge in [0.25, 0.3) is 0 Å². The minimum Gasteiger partial charge on any atom is -0.366 e. The first-order valence-electron chi connectivity index (χ1n) is 7.46. The van der Waals surface area contributed by atoms with Crippen LogP contribution in [-0.4, -0.2) is 35.9 Å². The molecule has 1 fully saturated rings. The summed E-state index contributed by atoms with van der Waals surface area (Å²) in [5.41, 5.74) is -0.571. The molecule has 1 unspecified atom stereocenters. The van der Waals surface area contributed by atoms with E-state index in [0.717, 1.165) is 12.1 Å². The predicted octanol–water partition coefficient (Wildman–Crippen LogP) is 2.84. The summed E-state index contributed by atoms with van der Waals surface area (Å²) in [5, 5.41) is 5.73. The fourth-order valence-electron chi connectivity index (χ4n) is 2.52. The van der Waals surface area contributed by atoms with Crippen molar-refractivity contribution in [2.45, 2.75) is 18.6 Å². The Hall–Kier alpha value is -2.36. The van der Waals surface area contributed by atoms with Gasteiger partial charge in [0.1, 0.15) is 5.82 Å². The van der Waals surface area contributed by atoms with Crippen molar-refractivity contribution in [2.75, 3.05) is 22.1 Å². The van der Waals surface area contributed by atoms with E-state index in [0.29, 0.717) is 12.2 Å². The van der Waals surface area contributed by atoms with Crippen LogP contribution in [0.3, 0.4) is 0 Å². The van der Waals surface area contributed by atoms with Crippen molar-refractivity contribution in [3.63, 3.8) is 0 Å². The van der Waals surface area contributed by atoms with Gasteiger partial charge in [-0.15, -0.1) is 0 Å². The Morgan fingerprint density at radius 1 is 1.20 bits per heavy atom. The number of rotatable bonds is 4. The van der Waals surface area contributed by atoms with Crippen molar-refractivity contribution in [1.29, 1.82) is 0 Å². The fraction of sp³-hybridized carbons (Fsp3) is 0.333. The quantitative estimate of drug-likeness (QED) is 0.859. The van der Waals surface area contributed by atoms with Crippen LogP contribution < -0.4 is 10.6 Å². The van der Waals surface area contributed by atoms with Gasteiger partial charge < -0.3 is 10.6 Å². The minimum atomic E-state index is -4.43. The highest BCUT2D eigenvalue weighted by molar-refractivity contribution is 7.91. The first-order chi connectivity index (χ1) is 11.7. The smallest absolute Gasteiger partial charge is 0.366 e. The summed E-state index contributed by atoms with van der Waals surface area (Å²) < 4.78 is 61.2. The number of alkyl halides is 3. The van der Waals surface area contributed by atoms with Gasteiger partial charge in [-0.1, -0.05) is 6.07 Å². The van der Waals surface area contributed by atoms with E-state index >= 15 is 0 Å². The first-order valence-corrected chi connectivity index (χ1v) is 9.28. The summed E-state index contributed by atoms with van der Waals surface area (Å²) in [6.45, 7) is 0. The second-order valence-electron chi connectivity index (χ2n) is 5.71. The average molecular weight is 372 g/mol. The second kappa shape index (κ2) is 6.51. The first kappa shape index (κ1) is 17.5.